The number of esters is 1. The van der Waals surface area contributed by atoms with E-state index in [4.69, 9.17) is 0 Å². The summed E-state index contributed by atoms with van der Waals surface area (Å²) in [6.45, 7) is 0. The topological polar surface area (TPSA) is 75.6 Å². The fraction of sp³-hybridized carbons (Fsp3) is 0.263. The number of phenols is 1. The van der Waals surface area contributed by atoms with E-state index in [1.54, 1.807) is 24.3 Å². The van der Waals surface area contributed by atoms with Crippen molar-refractivity contribution in [2.24, 2.45) is 0 Å². The zero-order valence-corrected chi connectivity index (χ0v) is 13.6. The van der Waals surface area contributed by atoms with Crippen molar-refractivity contribution in [2.75, 3.05) is 12.4 Å². The van der Waals surface area contributed by atoms with Crippen LogP contribution in [0.5, 0.6) is 5.75 Å². The number of anilines is 1. The van der Waals surface area contributed by atoms with Gasteiger partial charge in [-0.3, -0.25) is 9.59 Å². The highest BCUT2D eigenvalue weighted by Crippen LogP contribution is 2.18. The van der Waals surface area contributed by atoms with Crippen LogP contribution in [0.4, 0.5) is 5.69 Å². The number of aryl methyl sites for hydroxylation is 2. The van der Waals surface area contributed by atoms with Crippen molar-refractivity contribution in [3.8, 4) is 5.75 Å². The SMILES string of the molecule is COC(=O)CCc1ccccc1NC(=O)CCc1ccc(O)cc1. The maximum absolute atomic E-state index is 12.1. The summed E-state index contributed by atoms with van der Waals surface area (Å²) in [6.07, 6.45) is 1.73. The van der Waals surface area contributed by atoms with Gasteiger partial charge in [-0.1, -0.05) is 30.3 Å². The van der Waals surface area contributed by atoms with Crippen molar-refractivity contribution >= 4 is 17.6 Å². The van der Waals surface area contributed by atoms with Gasteiger partial charge in [0.25, 0.3) is 0 Å². The lowest BCUT2D eigenvalue weighted by Gasteiger charge is -2.11. The van der Waals surface area contributed by atoms with Gasteiger partial charge in [-0.15, -0.1) is 0 Å². The fourth-order valence-electron chi connectivity index (χ4n) is 2.33. The molecule has 0 bridgehead atoms. The normalized spacial score (nSPS) is 10.2. The lowest BCUT2D eigenvalue weighted by Crippen LogP contribution is -2.14. The lowest BCUT2D eigenvalue weighted by molar-refractivity contribution is -0.140. The van der Waals surface area contributed by atoms with Crippen LogP contribution in [0.15, 0.2) is 48.5 Å². The monoisotopic (exact) mass is 327 g/mol. The first-order chi connectivity index (χ1) is 11.6. The average Bonchev–Trinajstić information content (AvgIpc) is 2.60. The average molecular weight is 327 g/mol. The summed E-state index contributed by atoms with van der Waals surface area (Å²) < 4.78 is 4.64. The summed E-state index contributed by atoms with van der Waals surface area (Å²) in [7, 11) is 1.36. The summed E-state index contributed by atoms with van der Waals surface area (Å²) in [5, 5.41) is 12.1. The molecule has 0 atom stereocenters. The van der Waals surface area contributed by atoms with E-state index in [2.05, 4.69) is 10.1 Å². The van der Waals surface area contributed by atoms with Crippen LogP contribution in [0.1, 0.15) is 24.0 Å². The number of carbonyl (C=O) groups is 2. The molecule has 0 spiro atoms. The number of para-hydroxylation sites is 1. The van der Waals surface area contributed by atoms with Gasteiger partial charge in [0, 0.05) is 18.5 Å². The van der Waals surface area contributed by atoms with Crippen molar-refractivity contribution in [3.05, 3.63) is 59.7 Å². The Morgan fingerprint density at radius 1 is 1.00 bits per heavy atom. The van der Waals surface area contributed by atoms with E-state index in [-0.39, 0.29) is 24.0 Å². The Labute approximate surface area is 141 Å². The Morgan fingerprint density at radius 2 is 1.71 bits per heavy atom. The zero-order chi connectivity index (χ0) is 17.4. The van der Waals surface area contributed by atoms with Gasteiger partial charge in [0.05, 0.1) is 7.11 Å². The number of ether oxygens (including phenoxy) is 1. The molecular formula is C19H21NO4. The Morgan fingerprint density at radius 3 is 2.42 bits per heavy atom. The van der Waals surface area contributed by atoms with Crippen LogP contribution in [-0.4, -0.2) is 24.1 Å². The van der Waals surface area contributed by atoms with E-state index in [9.17, 15) is 14.7 Å². The van der Waals surface area contributed by atoms with E-state index in [0.29, 0.717) is 19.3 Å². The maximum atomic E-state index is 12.1. The molecule has 0 saturated heterocycles. The number of phenolic OH excluding ortho intramolecular Hbond substituents is 1. The highest BCUT2D eigenvalue weighted by atomic mass is 16.5. The van der Waals surface area contributed by atoms with Crippen LogP contribution in [0.25, 0.3) is 0 Å². The number of carbonyl (C=O) groups excluding carboxylic acids is 2. The lowest BCUT2D eigenvalue weighted by atomic mass is 10.1. The molecule has 2 aromatic carbocycles. The molecule has 0 fully saturated rings. The van der Waals surface area contributed by atoms with Crippen LogP contribution >= 0.6 is 0 Å². The number of methoxy groups -OCH3 is 1. The van der Waals surface area contributed by atoms with Crippen LogP contribution in [0, 0.1) is 0 Å². The van der Waals surface area contributed by atoms with Crippen LogP contribution in [0.2, 0.25) is 0 Å². The number of amides is 1. The number of hydrogen-bond donors (Lipinski definition) is 2. The third-order valence-corrected chi connectivity index (χ3v) is 3.69. The summed E-state index contributed by atoms with van der Waals surface area (Å²) in [6, 6.07) is 14.2. The molecule has 0 aliphatic rings. The van der Waals surface area contributed by atoms with Gasteiger partial charge in [0.1, 0.15) is 5.75 Å². The second-order valence-electron chi connectivity index (χ2n) is 5.45. The molecule has 0 radical (unpaired) electrons. The highest BCUT2D eigenvalue weighted by Gasteiger charge is 2.09. The third-order valence-electron chi connectivity index (χ3n) is 3.69. The van der Waals surface area contributed by atoms with Gasteiger partial charge in [-0.05, 0) is 42.2 Å². The minimum Gasteiger partial charge on any atom is -0.508 e. The molecule has 24 heavy (non-hydrogen) atoms. The first-order valence-corrected chi connectivity index (χ1v) is 7.81. The smallest absolute Gasteiger partial charge is 0.305 e. The molecule has 0 heterocycles. The van der Waals surface area contributed by atoms with Crippen LogP contribution < -0.4 is 5.32 Å². The number of aromatic hydroxyl groups is 1. The quantitative estimate of drug-likeness (QED) is 0.766. The molecule has 1 amide bonds. The Hall–Kier alpha value is -2.82. The van der Waals surface area contributed by atoms with E-state index < -0.39 is 0 Å². The Bertz CT molecular complexity index is 695. The number of nitrogens with one attached hydrogen (secondary N) is 1. The zero-order valence-electron chi connectivity index (χ0n) is 13.6. The molecule has 2 N–H and O–H groups in total. The molecule has 0 unspecified atom stereocenters. The first-order valence-electron chi connectivity index (χ1n) is 7.81. The number of rotatable bonds is 7. The van der Waals surface area contributed by atoms with Crippen molar-refractivity contribution in [1.29, 1.82) is 0 Å². The largest absolute Gasteiger partial charge is 0.508 e. The molecule has 0 aliphatic heterocycles. The Kier molecular flexibility index (Phi) is 6.37. The van der Waals surface area contributed by atoms with Gasteiger partial charge >= 0.3 is 5.97 Å². The van der Waals surface area contributed by atoms with E-state index >= 15 is 0 Å². The van der Waals surface area contributed by atoms with Gasteiger partial charge in [0.2, 0.25) is 5.91 Å². The van der Waals surface area contributed by atoms with Gasteiger partial charge in [-0.2, -0.15) is 0 Å². The summed E-state index contributed by atoms with van der Waals surface area (Å²) in [5.74, 6) is -0.153. The predicted octanol–water partition coefficient (Wildman–Crippen LogP) is 3.07. The van der Waals surface area contributed by atoms with E-state index in [1.807, 2.05) is 24.3 Å². The van der Waals surface area contributed by atoms with Crippen molar-refractivity contribution < 1.29 is 19.4 Å². The fourth-order valence-corrected chi connectivity index (χ4v) is 2.33. The predicted molar refractivity (Wildman–Crippen MR) is 91.8 cm³/mol. The Balaban J connectivity index is 1.91. The summed E-state index contributed by atoms with van der Waals surface area (Å²) in [5.41, 5.74) is 2.61. The van der Waals surface area contributed by atoms with Crippen molar-refractivity contribution in [2.45, 2.75) is 25.7 Å². The molecule has 0 saturated carbocycles. The minimum absolute atomic E-state index is 0.0893. The second-order valence-corrected chi connectivity index (χ2v) is 5.45. The van der Waals surface area contributed by atoms with E-state index in [1.165, 1.54) is 7.11 Å². The molecule has 5 heteroatoms. The number of benzene rings is 2. The standard InChI is InChI=1S/C19H21NO4/c1-24-19(23)13-9-15-4-2-3-5-17(15)20-18(22)12-8-14-6-10-16(21)11-7-14/h2-7,10-11,21H,8-9,12-13H2,1H3,(H,20,22). The second kappa shape index (κ2) is 8.72. The molecule has 0 aliphatic carbocycles. The highest BCUT2D eigenvalue weighted by molar-refractivity contribution is 5.91. The van der Waals surface area contributed by atoms with Crippen molar-refractivity contribution in [3.63, 3.8) is 0 Å². The third kappa shape index (κ3) is 5.43. The van der Waals surface area contributed by atoms with Crippen molar-refractivity contribution in [1.82, 2.24) is 0 Å². The molecule has 5 nitrogen and oxygen atoms in total. The molecule has 2 aromatic rings. The van der Waals surface area contributed by atoms with Crippen LogP contribution in [0.3, 0.4) is 0 Å². The van der Waals surface area contributed by atoms with Gasteiger partial charge in [-0.25, -0.2) is 0 Å². The molecule has 126 valence electrons. The van der Waals surface area contributed by atoms with Crippen LogP contribution in [-0.2, 0) is 27.2 Å². The molecule has 2 rings (SSSR count). The van der Waals surface area contributed by atoms with Gasteiger partial charge < -0.3 is 15.2 Å². The summed E-state index contributed by atoms with van der Waals surface area (Å²) in [4.78, 5) is 23.4. The first kappa shape index (κ1) is 17.5. The van der Waals surface area contributed by atoms with E-state index in [0.717, 1.165) is 16.8 Å². The molecule has 0 aromatic heterocycles. The minimum atomic E-state index is -0.275. The molecular weight excluding hydrogens is 306 g/mol. The summed E-state index contributed by atoms with van der Waals surface area (Å²) >= 11 is 0. The maximum Gasteiger partial charge on any atom is 0.305 e. The number of hydrogen-bond acceptors (Lipinski definition) is 4. The van der Waals surface area contributed by atoms with Gasteiger partial charge in [0.15, 0.2) is 0 Å².